The van der Waals surface area contributed by atoms with E-state index in [-0.39, 0.29) is 11.0 Å². The lowest BCUT2D eigenvalue weighted by molar-refractivity contribution is 0.148. The quantitative estimate of drug-likeness (QED) is 0.643. The number of likely N-dealkylation sites (tertiary alicyclic amines) is 1. The van der Waals surface area contributed by atoms with Crippen molar-refractivity contribution in [1.29, 1.82) is 0 Å². The topological polar surface area (TPSA) is 50.5 Å². The minimum absolute atomic E-state index is 0.0932. The van der Waals surface area contributed by atoms with Crippen molar-refractivity contribution in [1.82, 2.24) is 19.5 Å². The Bertz CT molecular complexity index is 969. The summed E-state index contributed by atoms with van der Waals surface area (Å²) in [6.07, 6.45) is 4.31. The first-order valence-electron chi connectivity index (χ1n) is 8.79. The second-order valence-corrected chi connectivity index (χ2v) is 9.10. The SMILES string of the molecule is CSc1nn2c(=O)cc(CN3CCC[C@](C)(c4ccccc4)C3)nc2s1. The lowest BCUT2D eigenvalue weighted by Crippen LogP contribution is -2.44. The molecule has 4 rings (SSSR count). The highest BCUT2D eigenvalue weighted by atomic mass is 32.2. The van der Waals surface area contributed by atoms with Gasteiger partial charge in [-0.1, -0.05) is 60.4 Å². The predicted octanol–water partition coefficient (Wildman–Crippen LogP) is 3.43. The molecule has 1 saturated heterocycles. The van der Waals surface area contributed by atoms with Crippen molar-refractivity contribution in [2.24, 2.45) is 0 Å². The molecule has 0 radical (unpaired) electrons. The molecule has 3 heterocycles. The lowest BCUT2D eigenvalue weighted by Gasteiger charge is -2.40. The summed E-state index contributed by atoms with van der Waals surface area (Å²) >= 11 is 3.01. The number of rotatable bonds is 4. The van der Waals surface area contributed by atoms with Crippen LogP contribution in [0.15, 0.2) is 45.5 Å². The van der Waals surface area contributed by atoms with E-state index in [1.807, 2.05) is 6.26 Å². The smallest absolute Gasteiger partial charge is 0.275 e. The number of benzene rings is 1. The maximum atomic E-state index is 12.4. The first-order chi connectivity index (χ1) is 12.6. The van der Waals surface area contributed by atoms with E-state index in [1.54, 1.807) is 6.07 Å². The van der Waals surface area contributed by atoms with Crippen LogP contribution in [-0.2, 0) is 12.0 Å². The molecule has 136 valence electrons. The zero-order chi connectivity index (χ0) is 18.1. The maximum absolute atomic E-state index is 12.4. The summed E-state index contributed by atoms with van der Waals surface area (Å²) in [5, 5.41) is 4.29. The van der Waals surface area contributed by atoms with Gasteiger partial charge in [0.05, 0.1) is 5.69 Å². The third-order valence-corrected chi connectivity index (χ3v) is 6.97. The molecule has 0 spiro atoms. The fourth-order valence-corrected chi connectivity index (χ4v) is 5.17. The monoisotopic (exact) mass is 386 g/mol. The average molecular weight is 387 g/mol. The third-order valence-electron chi connectivity index (χ3n) is 5.09. The van der Waals surface area contributed by atoms with Crippen molar-refractivity contribution in [3.8, 4) is 0 Å². The van der Waals surface area contributed by atoms with Crippen LogP contribution in [0.4, 0.5) is 0 Å². The Morgan fingerprint density at radius 2 is 2.12 bits per heavy atom. The van der Waals surface area contributed by atoms with Gasteiger partial charge in [-0.3, -0.25) is 9.69 Å². The molecule has 1 atom stereocenters. The molecule has 1 aliphatic rings. The van der Waals surface area contributed by atoms with E-state index in [9.17, 15) is 4.79 Å². The molecular formula is C19H22N4OS2. The van der Waals surface area contributed by atoms with E-state index in [4.69, 9.17) is 0 Å². The number of thioether (sulfide) groups is 1. The van der Waals surface area contributed by atoms with Crippen LogP contribution >= 0.6 is 23.1 Å². The maximum Gasteiger partial charge on any atom is 0.275 e. The van der Waals surface area contributed by atoms with Gasteiger partial charge in [-0.2, -0.15) is 4.52 Å². The summed E-state index contributed by atoms with van der Waals surface area (Å²) in [5.74, 6) is 0. The number of hydrogen-bond donors (Lipinski definition) is 0. The Labute approximate surface area is 161 Å². The zero-order valence-corrected chi connectivity index (χ0v) is 16.6. The predicted molar refractivity (Wildman–Crippen MR) is 107 cm³/mol. The van der Waals surface area contributed by atoms with Crippen molar-refractivity contribution >= 4 is 28.1 Å². The molecule has 1 aromatic carbocycles. The Hall–Kier alpha value is -1.70. The largest absolute Gasteiger partial charge is 0.297 e. The molecule has 0 amide bonds. The van der Waals surface area contributed by atoms with Crippen LogP contribution in [0.2, 0.25) is 0 Å². The Kier molecular flexibility index (Phi) is 4.86. The van der Waals surface area contributed by atoms with E-state index in [1.165, 1.54) is 39.6 Å². The number of piperidine rings is 1. The van der Waals surface area contributed by atoms with Gasteiger partial charge < -0.3 is 0 Å². The summed E-state index contributed by atoms with van der Waals surface area (Å²) in [6.45, 7) is 5.08. The molecule has 0 saturated carbocycles. The number of nitrogens with zero attached hydrogens (tertiary/aromatic N) is 4. The molecule has 2 aromatic heterocycles. The Morgan fingerprint density at radius 3 is 2.88 bits per heavy atom. The van der Waals surface area contributed by atoms with Gasteiger partial charge in [0.15, 0.2) is 4.34 Å². The number of hydrogen-bond acceptors (Lipinski definition) is 6. The molecule has 0 N–H and O–H groups in total. The first-order valence-corrected chi connectivity index (χ1v) is 10.8. The first kappa shape index (κ1) is 17.7. The van der Waals surface area contributed by atoms with Crippen LogP contribution in [0.1, 0.15) is 31.0 Å². The van der Waals surface area contributed by atoms with Gasteiger partial charge in [0.25, 0.3) is 5.56 Å². The molecule has 0 aliphatic carbocycles. The van der Waals surface area contributed by atoms with Crippen LogP contribution < -0.4 is 5.56 Å². The summed E-state index contributed by atoms with van der Waals surface area (Å²) < 4.78 is 2.27. The third kappa shape index (κ3) is 3.43. The van der Waals surface area contributed by atoms with Crippen molar-refractivity contribution in [2.75, 3.05) is 19.3 Å². The van der Waals surface area contributed by atoms with Gasteiger partial charge in [-0.15, -0.1) is 5.10 Å². The Morgan fingerprint density at radius 1 is 1.31 bits per heavy atom. The molecule has 1 aliphatic heterocycles. The van der Waals surface area contributed by atoms with Crippen LogP contribution in [0, 0.1) is 0 Å². The fourth-order valence-electron chi connectivity index (χ4n) is 3.79. The molecule has 26 heavy (non-hydrogen) atoms. The minimum atomic E-state index is -0.0932. The molecule has 0 bridgehead atoms. The Balaban J connectivity index is 1.57. The van der Waals surface area contributed by atoms with Gasteiger partial charge in [-0.25, -0.2) is 4.98 Å². The molecule has 5 nitrogen and oxygen atoms in total. The highest BCUT2D eigenvalue weighted by Crippen LogP contribution is 2.34. The average Bonchev–Trinajstić information content (AvgIpc) is 3.06. The summed E-state index contributed by atoms with van der Waals surface area (Å²) in [5.41, 5.74) is 2.28. The lowest BCUT2D eigenvalue weighted by atomic mass is 9.76. The van der Waals surface area contributed by atoms with E-state index >= 15 is 0 Å². The zero-order valence-electron chi connectivity index (χ0n) is 15.0. The van der Waals surface area contributed by atoms with Crippen LogP contribution in [-0.4, -0.2) is 38.8 Å². The molecule has 1 fully saturated rings. The highest BCUT2D eigenvalue weighted by molar-refractivity contribution is 8.00. The van der Waals surface area contributed by atoms with Crippen LogP contribution in [0.3, 0.4) is 0 Å². The van der Waals surface area contributed by atoms with E-state index in [0.717, 1.165) is 29.5 Å². The van der Waals surface area contributed by atoms with Gasteiger partial charge in [0, 0.05) is 24.6 Å². The van der Waals surface area contributed by atoms with Gasteiger partial charge in [0.2, 0.25) is 4.96 Å². The molecular weight excluding hydrogens is 364 g/mol. The van der Waals surface area contributed by atoms with E-state index in [2.05, 4.69) is 52.2 Å². The second-order valence-electron chi connectivity index (χ2n) is 7.09. The van der Waals surface area contributed by atoms with Crippen molar-refractivity contribution < 1.29 is 0 Å². The summed E-state index contributed by atoms with van der Waals surface area (Å²) in [6, 6.07) is 12.4. The number of aromatic nitrogens is 3. The molecule has 3 aromatic rings. The fraction of sp³-hybridized carbons (Fsp3) is 0.421. The minimum Gasteiger partial charge on any atom is -0.297 e. The van der Waals surface area contributed by atoms with Gasteiger partial charge in [0.1, 0.15) is 0 Å². The highest BCUT2D eigenvalue weighted by Gasteiger charge is 2.32. The van der Waals surface area contributed by atoms with Crippen molar-refractivity contribution in [3.05, 3.63) is 58.0 Å². The van der Waals surface area contributed by atoms with Gasteiger partial charge in [-0.05, 0) is 31.2 Å². The van der Waals surface area contributed by atoms with Gasteiger partial charge >= 0.3 is 0 Å². The van der Waals surface area contributed by atoms with Crippen molar-refractivity contribution in [3.63, 3.8) is 0 Å². The normalized spacial score (nSPS) is 21.3. The van der Waals surface area contributed by atoms with Crippen LogP contribution in [0.25, 0.3) is 4.96 Å². The summed E-state index contributed by atoms with van der Waals surface area (Å²) in [4.78, 5) is 20.1. The van der Waals surface area contributed by atoms with E-state index in [0.29, 0.717) is 11.5 Å². The van der Waals surface area contributed by atoms with Crippen LogP contribution in [0.5, 0.6) is 0 Å². The standard InChI is InChI=1S/C19H22N4OS2/c1-19(14-7-4-3-5-8-14)9-6-10-22(13-19)12-15-11-16(24)23-17(20-15)26-18(21-23)25-2/h3-5,7-8,11H,6,9-10,12-13H2,1-2H3/t19-/m0/s1. The second kappa shape index (κ2) is 7.13. The molecule has 7 heteroatoms. The van der Waals surface area contributed by atoms with Crippen molar-refractivity contribution in [2.45, 2.75) is 36.1 Å². The van der Waals surface area contributed by atoms with E-state index < -0.39 is 0 Å². The molecule has 0 unspecified atom stereocenters. The summed E-state index contributed by atoms with van der Waals surface area (Å²) in [7, 11) is 0. The number of fused-ring (bicyclic) bond motifs is 1.